The van der Waals surface area contributed by atoms with Crippen LogP contribution < -0.4 is 5.32 Å². The summed E-state index contributed by atoms with van der Waals surface area (Å²) < 4.78 is 0. The van der Waals surface area contributed by atoms with Gasteiger partial charge >= 0.3 is 0 Å². The summed E-state index contributed by atoms with van der Waals surface area (Å²) in [6.07, 6.45) is 0. The van der Waals surface area contributed by atoms with Crippen LogP contribution in [0.1, 0.15) is 18.5 Å². The molecule has 0 fully saturated rings. The lowest BCUT2D eigenvalue weighted by molar-refractivity contribution is 0.621. The van der Waals surface area contributed by atoms with Crippen LogP contribution in [0.25, 0.3) is 0 Å². The molecule has 0 bridgehead atoms. The first-order valence-corrected chi connectivity index (χ1v) is 4.47. The number of rotatable bonds is 3. The van der Waals surface area contributed by atoms with Crippen molar-refractivity contribution in [2.45, 2.75) is 13.0 Å². The fourth-order valence-corrected chi connectivity index (χ4v) is 1.29. The number of nitrogens with one attached hydrogen (secondary N) is 1. The maximum Gasteiger partial charge on any atom is 0.0845 e. The highest BCUT2D eigenvalue weighted by Crippen LogP contribution is 2.16. The van der Waals surface area contributed by atoms with E-state index in [2.05, 4.69) is 5.32 Å². The van der Waals surface area contributed by atoms with Crippen molar-refractivity contribution in [3.8, 4) is 6.07 Å². The van der Waals surface area contributed by atoms with Crippen LogP contribution >= 0.6 is 11.6 Å². The molecule has 0 radical (unpaired) electrons. The molecular formula is C10H11ClN2. The number of hydrogen-bond donors (Lipinski definition) is 1. The van der Waals surface area contributed by atoms with E-state index in [4.69, 9.17) is 16.9 Å². The average Bonchev–Trinajstić information content (AvgIpc) is 2.14. The van der Waals surface area contributed by atoms with Crippen LogP contribution in [0.2, 0.25) is 5.02 Å². The number of halogens is 1. The summed E-state index contributed by atoms with van der Waals surface area (Å²) in [5.41, 5.74) is 1.10. The Balaban J connectivity index is 2.66. The van der Waals surface area contributed by atoms with Gasteiger partial charge in [0.25, 0.3) is 0 Å². The largest absolute Gasteiger partial charge is 0.298 e. The van der Waals surface area contributed by atoms with Crippen LogP contribution in [0.3, 0.4) is 0 Å². The smallest absolute Gasteiger partial charge is 0.0845 e. The normalized spacial score (nSPS) is 12.1. The van der Waals surface area contributed by atoms with Gasteiger partial charge in [0.05, 0.1) is 12.6 Å². The molecule has 0 heterocycles. The fourth-order valence-electron chi connectivity index (χ4n) is 1.09. The van der Waals surface area contributed by atoms with E-state index in [1.54, 1.807) is 0 Å². The van der Waals surface area contributed by atoms with Gasteiger partial charge in [-0.05, 0) is 24.6 Å². The number of benzene rings is 1. The molecule has 0 aromatic heterocycles. The Labute approximate surface area is 83.1 Å². The van der Waals surface area contributed by atoms with Gasteiger partial charge in [0.1, 0.15) is 0 Å². The second-order valence-electron chi connectivity index (χ2n) is 2.82. The molecule has 0 saturated carbocycles. The molecule has 1 rings (SSSR count). The van der Waals surface area contributed by atoms with Crippen molar-refractivity contribution in [2.75, 3.05) is 6.54 Å². The van der Waals surface area contributed by atoms with Gasteiger partial charge in [-0.2, -0.15) is 5.26 Å². The van der Waals surface area contributed by atoms with Crippen molar-refractivity contribution < 1.29 is 0 Å². The molecule has 0 aliphatic rings. The highest BCUT2D eigenvalue weighted by Gasteiger charge is 2.03. The number of nitriles is 1. The molecule has 0 aliphatic heterocycles. The van der Waals surface area contributed by atoms with Crippen molar-refractivity contribution >= 4 is 11.6 Å². The van der Waals surface area contributed by atoms with Crippen LogP contribution in [-0.2, 0) is 0 Å². The molecule has 1 N–H and O–H groups in total. The van der Waals surface area contributed by atoms with Gasteiger partial charge in [-0.3, -0.25) is 5.32 Å². The van der Waals surface area contributed by atoms with Crippen LogP contribution in [0.15, 0.2) is 24.3 Å². The minimum absolute atomic E-state index is 0.165. The SMILES string of the molecule is C[C@H](NCC#N)c1cccc(Cl)c1. The Morgan fingerprint density at radius 1 is 1.62 bits per heavy atom. The fraction of sp³-hybridized carbons (Fsp3) is 0.300. The lowest BCUT2D eigenvalue weighted by Gasteiger charge is -2.11. The maximum absolute atomic E-state index is 8.38. The summed E-state index contributed by atoms with van der Waals surface area (Å²) in [7, 11) is 0. The monoisotopic (exact) mass is 194 g/mol. The lowest BCUT2D eigenvalue weighted by atomic mass is 10.1. The first-order valence-electron chi connectivity index (χ1n) is 4.10. The molecule has 13 heavy (non-hydrogen) atoms. The van der Waals surface area contributed by atoms with Gasteiger partial charge in [-0.15, -0.1) is 0 Å². The van der Waals surface area contributed by atoms with Crippen molar-refractivity contribution in [3.05, 3.63) is 34.9 Å². The highest BCUT2D eigenvalue weighted by atomic mass is 35.5. The summed E-state index contributed by atoms with van der Waals surface area (Å²) in [6, 6.07) is 9.83. The number of nitrogens with zero attached hydrogens (tertiary/aromatic N) is 1. The van der Waals surface area contributed by atoms with E-state index >= 15 is 0 Å². The molecule has 1 aromatic rings. The Kier molecular flexibility index (Phi) is 3.75. The number of hydrogen-bond acceptors (Lipinski definition) is 2. The lowest BCUT2D eigenvalue weighted by Crippen LogP contribution is -2.18. The topological polar surface area (TPSA) is 35.8 Å². The zero-order valence-electron chi connectivity index (χ0n) is 7.42. The summed E-state index contributed by atoms with van der Waals surface area (Å²) in [6.45, 7) is 2.36. The molecule has 0 saturated heterocycles. The van der Waals surface area contributed by atoms with E-state index in [1.165, 1.54) is 0 Å². The van der Waals surface area contributed by atoms with Crippen molar-refractivity contribution in [3.63, 3.8) is 0 Å². The third-order valence-electron chi connectivity index (χ3n) is 1.84. The molecular weight excluding hydrogens is 184 g/mol. The summed E-state index contributed by atoms with van der Waals surface area (Å²) in [5.74, 6) is 0. The zero-order chi connectivity index (χ0) is 9.68. The van der Waals surface area contributed by atoms with Crippen molar-refractivity contribution in [1.29, 1.82) is 5.26 Å². The van der Waals surface area contributed by atoms with Gasteiger partial charge in [0.15, 0.2) is 0 Å². The summed E-state index contributed by atoms with van der Waals surface area (Å²) in [4.78, 5) is 0. The first-order chi connectivity index (χ1) is 6.24. The second-order valence-corrected chi connectivity index (χ2v) is 3.25. The highest BCUT2D eigenvalue weighted by molar-refractivity contribution is 6.30. The Hall–Kier alpha value is -1.04. The Morgan fingerprint density at radius 2 is 2.38 bits per heavy atom. The minimum Gasteiger partial charge on any atom is -0.298 e. The van der Waals surface area contributed by atoms with Gasteiger partial charge in [0, 0.05) is 11.1 Å². The Morgan fingerprint density at radius 3 is 3.00 bits per heavy atom. The Bertz CT molecular complexity index is 317. The molecule has 0 spiro atoms. The van der Waals surface area contributed by atoms with Crippen molar-refractivity contribution in [1.82, 2.24) is 5.32 Å². The summed E-state index contributed by atoms with van der Waals surface area (Å²) >= 11 is 5.83. The zero-order valence-corrected chi connectivity index (χ0v) is 8.17. The van der Waals surface area contributed by atoms with Gasteiger partial charge in [-0.1, -0.05) is 23.7 Å². The van der Waals surface area contributed by atoms with E-state index in [0.29, 0.717) is 6.54 Å². The molecule has 1 aromatic carbocycles. The van der Waals surface area contributed by atoms with E-state index in [-0.39, 0.29) is 6.04 Å². The quantitative estimate of drug-likeness (QED) is 0.751. The molecule has 0 amide bonds. The van der Waals surface area contributed by atoms with Gasteiger partial charge in [0.2, 0.25) is 0 Å². The van der Waals surface area contributed by atoms with E-state index in [1.807, 2.05) is 37.3 Å². The molecule has 0 aliphatic carbocycles. The van der Waals surface area contributed by atoms with Gasteiger partial charge < -0.3 is 0 Å². The minimum atomic E-state index is 0.165. The third kappa shape index (κ3) is 3.06. The van der Waals surface area contributed by atoms with Crippen molar-refractivity contribution in [2.24, 2.45) is 0 Å². The van der Waals surface area contributed by atoms with Gasteiger partial charge in [-0.25, -0.2) is 0 Å². The first kappa shape index (κ1) is 10.0. The summed E-state index contributed by atoms with van der Waals surface area (Å²) in [5, 5.41) is 12.2. The van der Waals surface area contributed by atoms with Crippen LogP contribution in [0.4, 0.5) is 0 Å². The van der Waals surface area contributed by atoms with Crippen LogP contribution in [-0.4, -0.2) is 6.54 Å². The van der Waals surface area contributed by atoms with E-state index in [0.717, 1.165) is 10.6 Å². The molecule has 0 unspecified atom stereocenters. The molecule has 3 heteroatoms. The van der Waals surface area contributed by atoms with Crippen LogP contribution in [0.5, 0.6) is 0 Å². The standard InChI is InChI=1S/C10H11ClN2/c1-8(13-6-5-12)9-3-2-4-10(11)7-9/h2-4,7-8,13H,6H2,1H3/t8-/m0/s1. The predicted molar refractivity (Wildman–Crippen MR) is 53.5 cm³/mol. The molecule has 1 atom stereocenters. The molecule has 2 nitrogen and oxygen atoms in total. The second kappa shape index (κ2) is 4.86. The van der Waals surface area contributed by atoms with E-state index in [9.17, 15) is 0 Å². The van der Waals surface area contributed by atoms with Crippen LogP contribution in [0, 0.1) is 11.3 Å². The predicted octanol–water partition coefficient (Wildman–Crippen LogP) is 2.51. The molecule has 68 valence electrons. The van der Waals surface area contributed by atoms with E-state index < -0.39 is 0 Å². The third-order valence-corrected chi connectivity index (χ3v) is 2.07. The average molecular weight is 195 g/mol. The maximum atomic E-state index is 8.38.